The number of pyridine rings is 1. The van der Waals surface area contributed by atoms with Crippen LogP contribution in [0.25, 0.3) is 27.8 Å². The molecule has 1 saturated heterocycles. The van der Waals surface area contributed by atoms with Gasteiger partial charge in [0.05, 0.1) is 22.9 Å². The first-order valence-electron chi connectivity index (χ1n) is 9.90. The standard InChI is InChI=1S/C22H18F2N4O3/c23-17-10-15-19(11-18(17)24)27(22(31)26-8-6-14(29)7-9-26)12-16-20(15)25-28(21(16)30)13-4-2-1-3-5-13/h1-5,10-12,14,29H,6-9H2. The van der Waals surface area contributed by atoms with Crippen LogP contribution in [0.3, 0.4) is 0 Å². The fourth-order valence-electron chi connectivity index (χ4n) is 3.97. The lowest BCUT2D eigenvalue weighted by molar-refractivity contribution is 0.0943. The number of aliphatic hydroxyl groups excluding tert-OH is 1. The van der Waals surface area contributed by atoms with Crippen molar-refractivity contribution in [2.75, 3.05) is 13.1 Å². The summed E-state index contributed by atoms with van der Waals surface area (Å²) < 4.78 is 30.6. The maximum absolute atomic E-state index is 14.1. The Labute approximate surface area is 175 Å². The predicted octanol–water partition coefficient (Wildman–Crippen LogP) is 3.00. The molecule has 0 unspecified atom stereocenters. The molecular weight excluding hydrogens is 406 g/mol. The van der Waals surface area contributed by atoms with E-state index in [4.69, 9.17) is 0 Å². The van der Waals surface area contributed by atoms with Gasteiger partial charge in [0.25, 0.3) is 5.56 Å². The van der Waals surface area contributed by atoms with Crippen molar-refractivity contribution in [3.05, 3.63) is 70.6 Å². The van der Waals surface area contributed by atoms with Crippen LogP contribution in [0.15, 0.2) is 53.5 Å². The summed E-state index contributed by atoms with van der Waals surface area (Å²) in [4.78, 5) is 27.8. The van der Waals surface area contributed by atoms with Crippen molar-refractivity contribution >= 4 is 16.9 Å². The van der Waals surface area contributed by atoms with Crippen molar-refractivity contribution < 1.29 is 18.7 Å². The molecule has 3 heterocycles. The smallest absolute Gasteiger partial charge is 0.328 e. The van der Waals surface area contributed by atoms with E-state index in [2.05, 4.69) is 5.10 Å². The van der Waals surface area contributed by atoms with Crippen molar-refractivity contribution in [3.63, 3.8) is 0 Å². The summed E-state index contributed by atoms with van der Waals surface area (Å²) in [5.74, 6) is -2.20. The zero-order valence-corrected chi connectivity index (χ0v) is 16.3. The molecule has 0 aliphatic carbocycles. The molecule has 158 valence electrons. The van der Waals surface area contributed by atoms with Crippen LogP contribution >= 0.6 is 0 Å². The number of fused-ring (bicyclic) bond motifs is 3. The van der Waals surface area contributed by atoms with E-state index in [0.29, 0.717) is 31.6 Å². The van der Waals surface area contributed by atoms with Crippen LogP contribution in [0.4, 0.5) is 13.6 Å². The Morgan fingerprint density at radius 1 is 1.06 bits per heavy atom. The molecular formula is C22H18F2N4O3. The number of aliphatic hydroxyl groups is 1. The monoisotopic (exact) mass is 424 g/mol. The first kappa shape index (κ1) is 19.4. The zero-order valence-electron chi connectivity index (χ0n) is 16.3. The fourth-order valence-corrected chi connectivity index (χ4v) is 3.97. The predicted molar refractivity (Wildman–Crippen MR) is 109 cm³/mol. The quantitative estimate of drug-likeness (QED) is 0.510. The number of carbonyl (C=O) groups is 1. The van der Waals surface area contributed by atoms with Gasteiger partial charge in [0, 0.05) is 30.7 Å². The van der Waals surface area contributed by atoms with Crippen LogP contribution in [-0.4, -0.2) is 49.6 Å². The van der Waals surface area contributed by atoms with E-state index in [-0.39, 0.29) is 22.2 Å². The number of hydrogen-bond donors (Lipinski definition) is 1. The van der Waals surface area contributed by atoms with Gasteiger partial charge in [-0.05, 0) is 31.0 Å². The Morgan fingerprint density at radius 2 is 1.74 bits per heavy atom. The highest BCUT2D eigenvalue weighted by Gasteiger charge is 2.27. The molecule has 3 aliphatic heterocycles. The topological polar surface area (TPSA) is 80.4 Å². The Bertz CT molecular complexity index is 1320. The Morgan fingerprint density at radius 3 is 2.45 bits per heavy atom. The number of carbonyl (C=O) groups excluding carboxylic acids is 1. The second kappa shape index (κ2) is 7.28. The van der Waals surface area contributed by atoms with Gasteiger partial charge in [-0.25, -0.2) is 13.6 Å². The molecule has 0 bridgehead atoms. The van der Waals surface area contributed by atoms with Gasteiger partial charge in [0.15, 0.2) is 11.6 Å². The molecule has 2 aromatic carbocycles. The van der Waals surface area contributed by atoms with Gasteiger partial charge in [0.2, 0.25) is 0 Å². The maximum Gasteiger partial charge on any atom is 0.328 e. The molecule has 1 amide bonds. The van der Waals surface area contributed by atoms with Crippen molar-refractivity contribution in [2.24, 2.45) is 0 Å². The molecule has 5 rings (SSSR count). The molecule has 9 heteroatoms. The zero-order chi connectivity index (χ0) is 21.7. The summed E-state index contributed by atoms with van der Waals surface area (Å²) in [6.07, 6.45) is 1.71. The van der Waals surface area contributed by atoms with Gasteiger partial charge in [-0.15, -0.1) is 0 Å². The molecule has 0 atom stereocenters. The molecule has 31 heavy (non-hydrogen) atoms. The van der Waals surface area contributed by atoms with Crippen LogP contribution < -0.4 is 5.56 Å². The minimum atomic E-state index is -1.10. The van der Waals surface area contributed by atoms with E-state index in [1.54, 1.807) is 30.3 Å². The third kappa shape index (κ3) is 3.17. The van der Waals surface area contributed by atoms with Crippen LogP contribution in [0.1, 0.15) is 12.8 Å². The number of nitrogens with zero attached hydrogens (tertiary/aromatic N) is 4. The molecule has 0 radical (unpaired) electrons. The van der Waals surface area contributed by atoms with Gasteiger partial charge < -0.3 is 10.0 Å². The molecule has 0 aromatic heterocycles. The third-order valence-electron chi connectivity index (χ3n) is 5.63. The van der Waals surface area contributed by atoms with E-state index in [9.17, 15) is 23.5 Å². The highest BCUT2D eigenvalue weighted by Crippen LogP contribution is 2.30. The Balaban J connectivity index is 1.76. The van der Waals surface area contributed by atoms with Crippen molar-refractivity contribution in [1.29, 1.82) is 0 Å². The average molecular weight is 424 g/mol. The van der Waals surface area contributed by atoms with Crippen molar-refractivity contribution in [1.82, 2.24) is 19.2 Å². The Kier molecular flexibility index (Phi) is 4.55. The van der Waals surface area contributed by atoms with E-state index >= 15 is 0 Å². The summed E-state index contributed by atoms with van der Waals surface area (Å²) >= 11 is 0. The molecule has 7 nitrogen and oxygen atoms in total. The lowest BCUT2D eigenvalue weighted by Crippen LogP contribution is -2.42. The molecule has 0 spiro atoms. The first-order valence-corrected chi connectivity index (χ1v) is 9.90. The van der Waals surface area contributed by atoms with E-state index in [0.717, 1.165) is 16.7 Å². The van der Waals surface area contributed by atoms with Gasteiger partial charge in [0.1, 0.15) is 5.69 Å². The summed E-state index contributed by atoms with van der Waals surface area (Å²) in [6, 6.07) is 10.1. The molecule has 1 N–H and O–H groups in total. The minimum Gasteiger partial charge on any atom is -0.393 e. The number of amides is 1. The van der Waals surface area contributed by atoms with E-state index in [1.165, 1.54) is 15.8 Å². The lowest BCUT2D eigenvalue weighted by Gasteiger charge is -2.30. The second-order valence-electron chi connectivity index (χ2n) is 7.60. The number of benzene rings is 2. The molecule has 3 aliphatic rings. The summed E-state index contributed by atoms with van der Waals surface area (Å²) in [6.45, 7) is 0.646. The highest BCUT2D eigenvalue weighted by molar-refractivity contribution is 5.99. The lowest BCUT2D eigenvalue weighted by atomic mass is 10.1. The normalized spacial score (nSPS) is 15.1. The fraction of sp³-hybridized carbons (Fsp3) is 0.227. The van der Waals surface area contributed by atoms with Gasteiger partial charge in [-0.2, -0.15) is 9.78 Å². The van der Waals surface area contributed by atoms with Crippen LogP contribution in [-0.2, 0) is 0 Å². The average Bonchev–Trinajstić information content (AvgIpc) is 3.11. The molecule has 2 aromatic rings. The molecule has 1 fully saturated rings. The molecule has 0 saturated carbocycles. The van der Waals surface area contributed by atoms with Crippen LogP contribution in [0, 0.1) is 11.6 Å². The number of piperidine rings is 1. The second-order valence-corrected chi connectivity index (χ2v) is 7.60. The Hall–Kier alpha value is -3.59. The number of halogens is 2. The SMILES string of the molecule is O=C(N1CCC(O)CC1)n1cc2c(=O)n(-c3ccccc3)nc-2c2cc(F)c(F)cc21. The number of likely N-dealkylation sites (tertiary alicyclic amines) is 1. The third-order valence-corrected chi connectivity index (χ3v) is 5.63. The van der Waals surface area contributed by atoms with Crippen molar-refractivity contribution in [3.8, 4) is 16.9 Å². The summed E-state index contributed by atoms with van der Waals surface area (Å²) in [7, 11) is 0. The highest BCUT2D eigenvalue weighted by atomic mass is 19.2. The van der Waals surface area contributed by atoms with Gasteiger partial charge in [-0.1, -0.05) is 18.2 Å². The number of rotatable bonds is 1. The summed E-state index contributed by atoms with van der Waals surface area (Å²) in [5, 5.41) is 14.2. The van der Waals surface area contributed by atoms with E-state index < -0.39 is 29.3 Å². The van der Waals surface area contributed by atoms with E-state index in [1.807, 2.05) is 0 Å². The largest absolute Gasteiger partial charge is 0.393 e. The number of hydrogen-bond acceptors (Lipinski definition) is 4. The number of aromatic nitrogens is 3. The van der Waals surface area contributed by atoms with Gasteiger partial charge in [-0.3, -0.25) is 9.36 Å². The van der Waals surface area contributed by atoms with Gasteiger partial charge >= 0.3 is 6.03 Å². The van der Waals surface area contributed by atoms with Crippen LogP contribution in [0.2, 0.25) is 0 Å². The maximum atomic E-state index is 14.1. The summed E-state index contributed by atoms with van der Waals surface area (Å²) in [5.41, 5.74) is 0.458. The minimum absolute atomic E-state index is 0.111. The number of para-hydroxylation sites is 1. The van der Waals surface area contributed by atoms with Crippen molar-refractivity contribution in [2.45, 2.75) is 18.9 Å². The van der Waals surface area contributed by atoms with Crippen LogP contribution in [0.5, 0.6) is 0 Å². The first-order chi connectivity index (χ1) is 14.9.